The van der Waals surface area contributed by atoms with Crippen molar-refractivity contribution < 1.29 is 13.9 Å². The molecule has 0 bridgehead atoms. The predicted octanol–water partition coefficient (Wildman–Crippen LogP) is 5.76. The number of carbonyl (C=O) groups excluding carboxylic acids is 1. The molecule has 2 heterocycles. The molecule has 176 valence electrons. The molecule has 1 aliphatic rings. The van der Waals surface area contributed by atoms with Crippen LogP contribution in [0.3, 0.4) is 0 Å². The van der Waals surface area contributed by atoms with E-state index in [2.05, 4.69) is 10.2 Å². The van der Waals surface area contributed by atoms with Crippen molar-refractivity contribution in [2.45, 2.75) is 58.2 Å². The molecule has 0 saturated carbocycles. The van der Waals surface area contributed by atoms with Gasteiger partial charge >= 0.3 is 6.09 Å². The zero-order valence-corrected chi connectivity index (χ0v) is 20.0. The van der Waals surface area contributed by atoms with E-state index < -0.39 is 11.7 Å². The molecule has 33 heavy (non-hydrogen) atoms. The van der Waals surface area contributed by atoms with Crippen LogP contribution in [0, 0.1) is 5.82 Å². The number of anilines is 1. The molecule has 1 fully saturated rings. The van der Waals surface area contributed by atoms with Gasteiger partial charge in [0.1, 0.15) is 11.4 Å². The molecular formula is C25H30ClFN4O2. The molecule has 0 spiro atoms. The number of halogens is 2. The summed E-state index contributed by atoms with van der Waals surface area (Å²) in [5.41, 5.74) is 1.63. The molecule has 0 unspecified atom stereocenters. The van der Waals surface area contributed by atoms with E-state index in [0.29, 0.717) is 17.1 Å². The first-order chi connectivity index (χ1) is 15.7. The van der Waals surface area contributed by atoms with Gasteiger partial charge in [0.25, 0.3) is 0 Å². The number of aromatic nitrogens is 2. The van der Waals surface area contributed by atoms with Crippen LogP contribution in [-0.4, -0.2) is 40.4 Å². The van der Waals surface area contributed by atoms with Crippen LogP contribution in [0.4, 0.5) is 15.1 Å². The van der Waals surface area contributed by atoms with Gasteiger partial charge in [0.05, 0.1) is 17.6 Å². The van der Waals surface area contributed by atoms with Crippen LogP contribution >= 0.6 is 11.6 Å². The SMILES string of the molecule is CC(C)(C)OC(=O)NC[C@H]1CCCCN1c1nc2ccccc2n1Cc1c(F)cccc1Cl. The fraction of sp³-hybridized carbons (Fsp3) is 0.440. The number of imidazole rings is 1. The van der Waals surface area contributed by atoms with Crippen LogP contribution in [0.5, 0.6) is 0 Å². The number of rotatable bonds is 5. The third kappa shape index (κ3) is 5.41. The summed E-state index contributed by atoms with van der Waals surface area (Å²) in [5.74, 6) is 0.416. The number of nitrogens with zero attached hydrogens (tertiary/aromatic N) is 3. The number of hydrogen-bond donors (Lipinski definition) is 1. The van der Waals surface area contributed by atoms with Gasteiger partial charge in [-0.25, -0.2) is 14.2 Å². The Balaban J connectivity index is 1.66. The Morgan fingerprint density at radius 1 is 1.21 bits per heavy atom. The Morgan fingerprint density at radius 3 is 2.76 bits per heavy atom. The summed E-state index contributed by atoms with van der Waals surface area (Å²) in [6.45, 7) is 7.04. The summed E-state index contributed by atoms with van der Waals surface area (Å²) < 4.78 is 22.1. The van der Waals surface area contributed by atoms with Crippen molar-refractivity contribution in [1.82, 2.24) is 14.9 Å². The van der Waals surface area contributed by atoms with Crippen LogP contribution in [0.15, 0.2) is 42.5 Å². The zero-order valence-electron chi connectivity index (χ0n) is 19.3. The normalized spacial score (nSPS) is 16.8. The van der Waals surface area contributed by atoms with Crippen molar-refractivity contribution in [3.63, 3.8) is 0 Å². The number of carbonyl (C=O) groups is 1. The van der Waals surface area contributed by atoms with Crippen LogP contribution < -0.4 is 10.2 Å². The lowest BCUT2D eigenvalue weighted by Crippen LogP contribution is -2.48. The average molecular weight is 473 g/mol. The second-order valence-electron chi connectivity index (χ2n) is 9.41. The number of fused-ring (bicyclic) bond motifs is 1. The first-order valence-electron chi connectivity index (χ1n) is 11.3. The summed E-state index contributed by atoms with van der Waals surface area (Å²) in [6.07, 6.45) is 2.57. The Labute approximate surface area is 198 Å². The van der Waals surface area contributed by atoms with E-state index in [1.807, 2.05) is 49.6 Å². The molecule has 0 radical (unpaired) electrons. The highest BCUT2D eigenvalue weighted by atomic mass is 35.5. The van der Waals surface area contributed by atoms with Crippen LogP contribution in [0.25, 0.3) is 11.0 Å². The van der Waals surface area contributed by atoms with E-state index in [1.54, 1.807) is 12.1 Å². The molecule has 3 aromatic rings. The van der Waals surface area contributed by atoms with E-state index in [1.165, 1.54) is 6.07 Å². The number of amides is 1. The van der Waals surface area contributed by atoms with Crippen molar-refractivity contribution in [3.05, 3.63) is 58.9 Å². The van der Waals surface area contributed by atoms with Crippen LogP contribution in [0.2, 0.25) is 5.02 Å². The molecule has 1 N–H and O–H groups in total. The second kappa shape index (κ2) is 9.59. The minimum absolute atomic E-state index is 0.0536. The summed E-state index contributed by atoms with van der Waals surface area (Å²) in [5, 5.41) is 3.30. The first kappa shape index (κ1) is 23.4. The zero-order chi connectivity index (χ0) is 23.6. The molecule has 2 aromatic carbocycles. The van der Waals surface area contributed by atoms with Crippen molar-refractivity contribution in [1.29, 1.82) is 0 Å². The number of nitrogens with one attached hydrogen (secondary N) is 1. The molecule has 6 nitrogen and oxygen atoms in total. The van der Waals surface area contributed by atoms with E-state index >= 15 is 0 Å². The second-order valence-corrected chi connectivity index (χ2v) is 9.82. The van der Waals surface area contributed by atoms with Crippen molar-refractivity contribution >= 4 is 34.7 Å². The fourth-order valence-electron chi connectivity index (χ4n) is 4.27. The standard InChI is InChI=1S/C25H30ClFN4O2/c1-25(2,3)33-24(32)28-15-17-9-6-7-14-30(17)23-29-21-12-4-5-13-22(21)31(23)16-18-19(26)10-8-11-20(18)27/h4-5,8,10-13,17H,6-7,9,14-16H2,1-3H3,(H,28,32)/t17-/m1/s1. The Hall–Kier alpha value is -2.80. The third-order valence-corrected chi connectivity index (χ3v) is 6.13. The van der Waals surface area contributed by atoms with Gasteiger partial charge in [0.2, 0.25) is 5.95 Å². The maximum atomic E-state index is 14.6. The molecular weight excluding hydrogens is 443 g/mol. The highest BCUT2D eigenvalue weighted by Gasteiger charge is 2.29. The summed E-state index contributed by atoms with van der Waals surface area (Å²) in [4.78, 5) is 19.4. The lowest BCUT2D eigenvalue weighted by atomic mass is 10.0. The van der Waals surface area contributed by atoms with Crippen molar-refractivity contribution in [3.8, 4) is 0 Å². The monoisotopic (exact) mass is 472 g/mol. The maximum Gasteiger partial charge on any atom is 0.407 e. The van der Waals surface area contributed by atoms with E-state index in [0.717, 1.165) is 42.8 Å². The largest absolute Gasteiger partial charge is 0.444 e. The number of piperidine rings is 1. The molecule has 1 atom stereocenters. The third-order valence-electron chi connectivity index (χ3n) is 5.78. The van der Waals surface area contributed by atoms with E-state index in [9.17, 15) is 9.18 Å². The van der Waals surface area contributed by atoms with E-state index in [4.69, 9.17) is 21.3 Å². The highest BCUT2D eigenvalue weighted by Crippen LogP contribution is 2.31. The molecule has 1 amide bonds. The Kier molecular flexibility index (Phi) is 6.79. The predicted molar refractivity (Wildman–Crippen MR) is 129 cm³/mol. The van der Waals surface area contributed by atoms with Gasteiger partial charge in [-0.2, -0.15) is 0 Å². The summed E-state index contributed by atoms with van der Waals surface area (Å²) in [6, 6.07) is 12.6. The highest BCUT2D eigenvalue weighted by molar-refractivity contribution is 6.31. The molecule has 1 aliphatic heterocycles. The minimum atomic E-state index is -0.552. The lowest BCUT2D eigenvalue weighted by molar-refractivity contribution is 0.0522. The number of para-hydroxylation sites is 2. The van der Waals surface area contributed by atoms with Gasteiger partial charge in [-0.3, -0.25) is 0 Å². The fourth-order valence-corrected chi connectivity index (χ4v) is 4.49. The molecule has 8 heteroatoms. The topological polar surface area (TPSA) is 59.4 Å². The van der Waals surface area contributed by atoms with Crippen molar-refractivity contribution in [2.75, 3.05) is 18.0 Å². The van der Waals surface area contributed by atoms with Gasteiger partial charge < -0.3 is 19.5 Å². The molecule has 1 saturated heterocycles. The van der Waals surface area contributed by atoms with Gasteiger partial charge in [0.15, 0.2) is 0 Å². The minimum Gasteiger partial charge on any atom is -0.444 e. The number of hydrogen-bond acceptors (Lipinski definition) is 4. The molecule has 0 aliphatic carbocycles. The number of ether oxygens (including phenoxy) is 1. The number of benzene rings is 2. The first-order valence-corrected chi connectivity index (χ1v) is 11.7. The quantitative estimate of drug-likeness (QED) is 0.512. The number of alkyl carbamates (subject to hydrolysis) is 1. The van der Waals surface area contributed by atoms with Gasteiger partial charge in [0, 0.05) is 29.7 Å². The van der Waals surface area contributed by atoms with E-state index in [-0.39, 0.29) is 18.4 Å². The van der Waals surface area contributed by atoms with Gasteiger partial charge in [-0.15, -0.1) is 0 Å². The Bertz CT molecular complexity index is 1120. The average Bonchev–Trinajstić information content (AvgIpc) is 3.12. The van der Waals surface area contributed by atoms with Crippen molar-refractivity contribution in [2.24, 2.45) is 0 Å². The maximum absolute atomic E-state index is 14.6. The van der Waals surface area contributed by atoms with Gasteiger partial charge in [-0.05, 0) is 64.3 Å². The smallest absolute Gasteiger partial charge is 0.407 e. The van der Waals surface area contributed by atoms with Crippen LogP contribution in [0.1, 0.15) is 45.6 Å². The molecule has 1 aromatic heterocycles. The molecule has 4 rings (SSSR count). The van der Waals surface area contributed by atoms with Crippen LogP contribution in [-0.2, 0) is 11.3 Å². The Morgan fingerprint density at radius 2 is 2.00 bits per heavy atom. The van der Waals surface area contributed by atoms with Gasteiger partial charge in [-0.1, -0.05) is 29.8 Å². The summed E-state index contributed by atoms with van der Waals surface area (Å²) >= 11 is 6.35. The summed E-state index contributed by atoms with van der Waals surface area (Å²) in [7, 11) is 0. The lowest BCUT2D eigenvalue weighted by Gasteiger charge is -2.37.